The molecule has 0 radical (unpaired) electrons. The first kappa shape index (κ1) is 16.0. The molecule has 0 aliphatic heterocycles. The van der Waals surface area contributed by atoms with Crippen molar-refractivity contribution >= 4 is 5.91 Å². The molecule has 0 aromatic heterocycles. The van der Waals surface area contributed by atoms with Crippen LogP contribution in [-0.2, 0) is 11.2 Å². The molecule has 0 spiro atoms. The Morgan fingerprint density at radius 2 is 1.82 bits per heavy atom. The Kier molecular flexibility index (Phi) is 5.98. The average molecular weight is 298 g/mol. The van der Waals surface area contributed by atoms with Gasteiger partial charge in [-0.1, -0.05) is 42.5 Å². The fraction of sp³-hybridized carbons (Fsp3) is 0.278. The quantitative estimate of drug-likeness (QED) is 0.736. The van der Waals surface area contributed by atoms with E-state index in [1.165, 1.54) is 5.56 Å². The van der Waals surface area contributed by atoms with Gasteiger partial charge in [-0.05, 0) is 42.6 Å². The number of amides is 1. The molecule has 0 fully saturated rings. The highest BCUT2D eigenvalue weighted by molar-refractivity contribution is 5.81. The molecule has 0 aliphatic carbocycles. The maximum atomic E-state index is 11.6. The number of methoxy groups -OCH3 is 1. The van der Waals surface area contributed by atoms with Gasteiger partial charge < -0.3 is 15.8 Å². The Morgan fingerprint density at radius 3 is 2.41 bits per heavy atom. The Bertz CT molecular complexity index is 582. The van der Waals surface area contributed by atoms with Crippen molar-refractivity contribution in [1.29, 1.82) is 0 Å². The van der Waals surface area contributed by atoms with Crippen LogP contribution in [0.4, 0.5) is 0 Å². The summed E-state index contributed by atoms with van der Waals surface area (Å²) in [6.45, 7) is 0.731. The van der Waals surface area contributed by atoms with Gasteiger partial charge in [0.1, 0.15) is 11.8 Å². The highest BCUT2D eigenvalue weighted by Gasteiger charge is 2.15. The molecule has 0 bridgehead atoms. The van der Waals surface area contributed by atoms with E-state index in [4.69, 9.17) is 10.5 Å². The summed E-state index contributed by atoms with van der Waals surface area (Å²) in [5.74, 6) is 0.510. The fourth-order valence-corrected chi connectivity index (χ4v) is 2.36. The molecule has 0 saturated carbocycles. The summed E-state index contributed by atoms with van der Waals surface area (Å²) in [4.78, 5) is 11.6. The maximum absolute atomic E-state index is 11.6. The number of ether oxygens (including phenoxy) is 1. The molecule has 3 N–H and O–H groups in total. The number of hydrogen-bond acceptors (Lipinski definition) is 3. The van der Waals surface area contributed by atoms with Crippen LogP contribution < -0.4 is 15.8 Å². The van der Waals surface area contributed by atoms with E-state index in [-0.39, 0.29) is 5.91 Å². The predicted octanol–water partition coefficient (Wildman–Crippen LogP) is 2.44. The smallest absolute Gasteiger partial charge is 0.239 e. The molecule has 1 amide bonds. The van der Waals surface area contributed by atoms with E-state index in [0.29, 0.717) is 0 Å². The van der Waals surface area contributed by atoms with Crippen LogP contribution in [0.2, 0.25) is 0 Å². The van der Waals surface area contributed by atoms with Gasteiger partial charge in [0, 0.05) is 0 Å². The lowest BCUT2D eigenvalue weighted by Crippen LogP contribution is -2.34. The Morgan fingerprint density at radius 1 is 1.14 bits per heavy atom. The monoisotopic (exact) mass is 298 g/mol. The van der Waals surface area contributed by atoms with Crippen molar-refractivity contribution in [2.75, 3.05) is 13.7 Å². The molecule has 1 atom stereocenters. The highest BCUT2D eigenvalue weighted by atomic mass is 16.5. The van der Waals surface area contributed by atoms with Crippen molar-refractivity contribution in [3.8, 4) is 5.75 Å². The molecule has 2 rings (SSSR count). The van der Waals surface area contributed by atoms with E-state index >= 15 is 0 Å². The third kappa shape index (κ3) is 4.60. The minimum Gasteiger partial charge on any atom is -0.497 e. The second-order valence-electron chi connectivity index (χ2n) is 5.15. The SMILES string of the molecule is COc1ccc(CCCN[C@@H](C(N)=O)c2ccccc2)cc1. The number of benzene rings is 2. The van der Waals surface area contributed by atoms with Crippen LogP contribution in [0.3, 0.4) is 0 Å². The molecular weight excluding hydrogens is 276 g/mol. The molecule has 0 aliphatic rings. The molecule has 22 heavy (non-hydrogen) atoms. The third-order valence-corrected chi connectivity index (χ3v) is 3.57. The van der Waals surface area contributed by atoms with Crippen LogP contribution in [0, 0.1) is 0 Å². The van der Waals surface area contributed by atoms with Crippen molar-refractivity contribution < 1.29 is 9.53 Å². The first-order valence-electron chi connectivity index (χ1n) is 7.41. The molecule has 4 nitrogen and oxygen atoms in total. The molecule has 0 heterocycles. The summed E-state index contributed by atoms with van der Waals surface area (Å²) in [5, 5.41) is 3.23. The van der Waals surface area contributed by atoms with E-state index in [2.05, 4.69) is 17.4 Å². The molecule has 0 unspecified atom stereocenters. The summed E-state index contributed by atoms with van der Waals surface area (Å²) in [7, 11) is 1.66. The lowest BCUT2D eigenvalue weighted by atomic mass is 10.1. The number of hydrogen-bond donors (Lipinski definition) is 2. The Labute approximate surface area is 131 Å². The van der Waals surface area contributed by atoms with E-state index in [1.54, 1.807) is 7.11 Å². The molecule has 116 valence electrons. The van der Waals surface area contributed by atoms with Crippen LogP contribution in [0.5, 0.6) is 5.75 Å². The summed E-state index contributed by atoms with van der Waals surface area (Å²) in [6.07, 6.45) is 1.88. The largest absolute Gasteiger partial charge is 0.497 e. The fourth-order valence-electron chi connectivity index (χ4n) is 2.36. The van der Waals surface area contributed by atoms with Gasteiger partial charge in [0.15, 0.2) is 0 Å². The van der Waals surface area contributed by atoms with Gasteiger partial charge in [-0.15, -0.1) is 0 Å². The lowest BCUT2D eigenvalue weighted by molar-refractivity contribution is -0.120. The van der Waals surface area contributed by atoms with Crippen LogP contribution in [0.1, 0.15) is 23.6 Å². The minimum absolute atomic E-state index is 0.351. The normalized spacial score (nSPS) is 11.9. The molecule has 4 heteroatoms. The van der Waals surface area contributed by atoms with Crippen molar-refractivity contribution in [2.45, 2.75) is 18.9 Å². The number of rotatable bonds is 8. The minimum atomic E-state index is -0.433. The second-order valence-corrected chi connectivity index (χ2v) is 5.15. The highest BCUT2D eigenvalue weighted by Crippen LogP contribution is 2.14. The van der Waals surface area contributed by atoms with E-state index < -0.39 is 6.04 Å². The van der Waals surface area contributed by atoms with Gasteiger partial charge in [-0.2, -0.15) is 0 Å². The van der Waals surface area contributed by atoms with E-state index in [0.717, 1.165) is 30.7 Å². The molecule has 0 saturated heterocycles. The number of carbonyl (C=O) groups is 1. The maximum Gasteiger partial charge on any atom is 0.239 e. The molecular formula is C18H22N2O2. The molecule has 2 aromatic rings. The zero-order chi connectivity index (χ0) is 15.8. The van der Waals surface area contributed by atoms with E-state index in [1.807, 2.05) is 42.5 Å². The summed E-state index contributed by atoms with van der Waals surface area (Å²) >= 11 is 0. The van der Waals surface area contributed by atoms with Crippen molar-refractivity contribution in [1.82, 2.24) is 5.32 Å². The van der Waals surface area contributed by atoms with Crippen molar-refractivity contribution in [3.63, 3.8) is 0 Å². The van der Waals surface area contributed by atoms with Crippen LogP contribution in [0.25, 0.3) is 0 Å². The number of primary amides is 1. The number of carbonyl (C=O) groups excluding carboxylic acids is 1. The van der Waals surface area contributed by atoms with Crippen molar-refractivity contribution in [2.24, 2.45) is 5.73 Å². The summed E-state index contributed by atoms with van der Waals surface area (Å²) in [5.41, 5.74) is 7.63. The predicted molar refractivity (Wildman–Crippen MR) is 87.7 cm³/mol. The van der Waals surface area contributed by atoms with Gasteiger partial charge in [-0.3, -0.25) is 4.79 Å². The van der Waals surface area contributed by atoms with Crippen LogP contribution in [-0.4, -0.2) is 19.6 Å². The van der Waals surface area contributed by atoms with Gasteiger partial charge in [0.2, 0.25) is 5.91 Å². The Balaban J connectivity index is 1.82. The summed E-state index contributed by atoms with van der Waals surface area (Å²) in [6, 6.07) is 17.1. The molecule has 2 aromatic carbocycles. The first-order valence-corrected chi connectivity index (χ1v) is 7.41. The van der Waals surface area contributed by atoms with E-state index in [9.17, 15) is 4.79 Å². The van der Waals surface area contributed by atoms with Gasteiger partial charge in [-0.25, -0.2) is 0 Å². The number of nitrogens with two attached hydrogens (primary N) is 1. The standard InChI is InChI=1S/C18H22N2O2/c1-22-16-11-9-14(10-12-16)6-5-13-20-17(18(19)21)15-7-3-2-4-8-15/h2-4,7-12,17,20H,5-6,13H2,1H3,(H2,19,21)/t17-/m1/s1. The van der Waals surface area contributed by atoms with Crippen molar-refractivity contribution in [3.05, 3.63) is 65.7 Å². The van der Waals surface area contributed by atoms with Gasteiger partial charge >= 0.3 is 0 Å². The Hall–Kier alpha value is -2.33. The zero-order valence-electron chi connectivity index (χ0n) is 12.8. The second kappa shape index (κ2) is 8.20. The third-order valence-electron chi connectivity index (χ3n) is 3.57. The number of nitrogens with one attached hydrogen (secondary N) is 1. The number of aryl methyl sites for hydroxylation is 1. The van der Waals surface area contributed by atoms with Gasteiger partial charge in [0.05, 0.1) is 7.11 Å². The average Bonchev–Trinajstić information content (AvgIpc) is 2.56. The van der Waals surface area contributed by atoms with Gasteiger partial charge in [0.25, 0.3) is 0 Å². The van der Waals surface area contributed by atoms with Crippen LogP contribution >= 0.6 is 0 Å². The topological polar surface area (TPSA) is 64.3 Å². The van der Waals surface area contributed by atoms with Crippen LogP contribution in [0.15, 0.2) is 54.6 Å². The lowest BCUT2D eigenvalue weighted by Gasteiger charge is -2.15. The first-order chi connectivity index (χ1) is 10.7. The zero-order valence-corrected chi connectivity index (χ0v) is 12.8. The summed E-state index contributed by atoms with van der Waals surface area (Å²) < 4.78 is 5.14.